The monoisotopic (exact) mass is 316 g/mol. The first-order valence-corrected chi connectivity index (χ1v) is 9.47. The largest absolute Gasteiger partial charge is 0.381 e. The van der Waals surface area contributed by atoms with Gasteiger partial charge in [0.15, 0.2) is 0 Å². The summed E-state index contributed by atoms with van der Waals surface area (Å²) in [4.78, 5) is 12.2. The molecular formula is C18H24N2OS. The number of thioether (sulfide) groups is 1. The molecule has 3 nitrogen and oxygen atoms in total. The van der Waals surface area contributed by atoms with E-state index in [-0.39, 0.29) is 5.91 Å². The number of nitrogens with two attached hydrogens (primary N) is 1. The highest BCUT2D eigenvalue weighted by molar-refractivity contribution is 8.00. The van der Waals surface area contributed by atoms with Crippen molar-refractivity contribution in [2.75, 3.05) is 11.1 Å². The molecule has 1 amide bonds. The van der Waals surface area contributed by atoms with Gasteiger partial charge in [0.05, 0.1) is 5.75 Å². The zero-order valence-corrected chi connectivity index (χ0v) is 13.6. The normalized spacial score (nSPS) is 35.5. The van der Waals surface area contributed by atoms with Gasteiger partial charge in [-0.25, -0.2) is 0 Å². The number of primary amides is 1. The molecule has 22 heavy (non-hydrogen) atoms. The van der Waals surface area contributed by atoms with Crippen LogP contribution in [-0.4, -0.2) is 17.7 Å². The molecule has 5 unspecified atom stereocenters. The second-order valence-corrected chi connectivity index (χ2v) is 8.17. The quantitative estimate of drug-likeness (QED) is 0.818. The summed E-state index contributed by atoms with van der Waals surface area (Å²) < 4.78 is 0. The summed E-state index contributed by atoms with van der Waals surface area (Å²) in [5.74, 6) is 3.92. The van der Waals surface area contributed by atoms with Gasteiger partial charge in [-0.05, 0) is 61.5 Å². The summed E-state index contributed by atoms with van der Waals surface area (Å²) in [6, 6.07) is 8.95. The number of fused-ring (bicyclic) bond motifs is 5. The number of amides is 1. The van der Waals surface area contributed by atoms with Crippen molar-refractivity contribution in [1.29, 1.82) is 0 Å². The molecule has 1 aromatic rings. The highest BCUT2D eigenvalue weighted by Crippen LogP contribution is 2.59. The molecule has 0 heterocycles. The zero-order valence-electron chi connectivity index (χ0n) is 12.8. The SMILES string of the molecule is NC(=O)CSc1ccccc1NC1CC2CC1C1CCCC21. The molecule has 3 aliphatic carbocycles. The molecule has 3 N–H and O–H groups in total. The van der Waals surface area contributed by atoms with E-state index < -0.39 is 0 Å². The number of rotatable bonds is 5. The van der Waals surface area contributed by atoms with Crippen LogP contribution < -0.4 is 11.1 Å². The molecule has 0 aliphatic heterocycles. The topological polar surface area (TPSA) is 55.1 Å². The average Bonchev–Trinajstić information content (AvgIpc) is 3.18. The molecular weight excluding hydrogens is 292 g/mol. The number of benzene rings is 1. The van der Waals surface area contributed by atoms with Gasteiger partial charge in [0.2, 0.25) is 5.91 Å². The van der Waals surface area contributed by atoms with Gasteiger partial charge in [0.1, 0.15) is 0 Å². The first-order chi connectivity index (χ1) is 10.7. The Morgan fingerprint density at radius 2 is 2.00 bits per heavy atom. The fourth-order valence-electron chi connectivity index (χ4n) is 5.29. The number of carbonyl (C=O) groups is 1. The predicted molar refractivity (Wildman–Crippen MR) is 90.8 cm³/mol. The van der Waals surface area contributed by atoms with Gasteiger partial charge in [0.25, 0.3) is 0 Å². The minimum absolute atomic E-state index is 0.256. The second kappa shape index (κ2) is 5.80. The van der Waals surface area contributed by atoms with Crippen LogP contribution in [0.3, 0.4) is 0 Å². The van der Waals surface area contributed by atoms with Crippen molar-refractivity contribution in [3.63, 3.8) is 0 Å². The highest BCUT2D eigenvalue weighted by Gasteiger charge is 2.53. The Hall–Kier alpha value is -1.16. The lowest BCUT2D eigenvalue weighted by molar-refractivity contribution is -0.115. The molecule has 3 saturated carbocycles. The molecule has 5 atom stereocenters. The van der Waals surface area contributed by atoms with E-state index in [1.54, 1.807) is 11.8 Å². The Kier molecular flexibility index (Phi) is 3.81. The van der Waals surface area contributed by atoms with Gasteiger partial charge in [0, 0.05) is 16.6 Å². The third-order valence-corrected chi connectivity index (χ3v) is 7.12. The summed E-state index contributed by atoms with van der Waals surface area (Å²) in [6.07, 6.45) is 7.13. The van der Waals surface area contributed by atoms with Crippen molar-refractivity contribution in [2.24, 2.45) is 29.4 Å². The van der Waals surface area contributed by atoms with E-state index in [4.69, 9.17) is 5.73 Å². The predicted octanol–water partition coefficient (Wildman–Crippen LogP) is 3.50. The van der Waals surface area contributed by atoms with Crippen LogP contribution in [0, 0.1) is 23.7 Å². The number of anilines is 1. The fourth-order valence-corrected chi connectivity index (χ4v) is 6.05. The average molecular weight is 316 g/mol. The van der Waals surface area contributed by atoms with E-state index in [0.29, 0.717) is 11.8 Å². The third-order valence-electron chi connectivity index (χ3n) is 6.03. The molecule has 4 rings (SSSR count). The molecule has 0 spiro atoms. The van der Waals surface area contributed by atoms with E-state index in [9.17, 15) is 4.79 Å². The standard InChI is InChI=1S/C18H24N2OS/c19-18(21)10-22-17-7-2-1-6-15(17)20-16-9-11-8-14(16)13-5-3-4-12(11)13/h1-2,6-7,11-14,16,20H,3-5,8-10H2,(H2,19,21). The smallest absolute Gasteiger partial charge is 0.227 e. The Labute approximate surface area is 136 Å². The Morgan fingerprint density at radius 3 is 2.86 bits per heavy atom. The maximum Gasteiger partial charge on any atom is 0.227 e. The van der Waals surface area contributed by atoms with E-state index in [0.717, 1.165) is 28.6 Å². The van der Waals surface area contributed by atoms with Crippen molar-refractivity contribution in [1.82, 2.24) is 0 Å². The number of carbonyl (C=O) groups excluding carboxylic acids is 1. The van der Waals surface area contributed by atoms with Crippen LogP contribution in [0.15, 0.2) is 29.2 Å². The summed E-state index contributed by atoms with van der Waals surface area (Å²) in [5.41, 5.74) is 6.46. The number of para-hydroxylation sites is 1. The second-order valence-electron chi connectivity index (χ2n) is 7.16. The van der Waals surface area contributed by atoms with Gasteiger partial charge in [-0.1, -0.05) is 18.6 Å². The summed E-state index contributed by atoms with van der Waals surface area (Å²) in [7, 11) is 0. The van der Waals surface area contributed by atoms with Crippen LogP contribution in [0.1, 0.15) is 32.1 Å². The van der Waals surface area contributed by atoms with E-state index >= 15 is 0 Å². The Morgan fingerprint density at radius 1 is 1.18 bits per heavy atom. The van der Waals surface area contributed by atoms with Crippen LogP contribution in [-0.2, 0) is 4.79 Å². The minimum Gasteiger partial charge on any atom is -0.381 e. The van der Waals surface area contributed by atoms with Crippen molar-refractivity contribution < 1.29 is 4.79 Å². The van der Waals surface area contributed by atoms with Crippen molar-refractivity contribution >= 4 is 23.4 Å². The van der Waals surface area contributed by atoms with Crippen LogP contribution >= 0.6 is 11.8 Å². The molecule has 0 aromatic heterocycles. The number of nitrogens with one attached hydrogen (secondary N) is 1. The van der Waals surface area contributed by atoms with Gasteiger partial charge < -0.3 is 11.1 Å². The highest BCUT2D eigenvalue weighted by atomic mass is 32.2. The Bertz CT molecular complexity index is 576. The number of hydrogen-bond acceptors (Lipinski definition) is 3. The first kappa shape index (κ1) is 14.4. The number of hydrogen-bond donors (Lipinski definition) is 2. The van der Waals surface area contributed by atoms with Crippen molar-refractivity contribution in [3.8, 4) is 0 Å². The fraction of sp³-hybridized carbons (Fsp3) is 0.611. The lowest BCUT2D eigenvalue weighted by atomic mass is 9.79. The van der Waals surface area contributed by atoms with E-state index in [1.165, 1.54) is 37.8 Å². The molecule has 1 aromatic carbocycles. The molecule has 0 saturated heterocycles. The van der Waals surface area contributed by atoms with Crippen LogP contribution in [0.25, 0.3) is 0 Å². The summed E-state index contributed by atoms with van der Waals surface area (Å²) >= 11 is 1.54. The lowest BCUT2D eigenvalue weighted by Crippen LogP contribution is -2.34. The molecule has 118 valence electrons. The minimum atomic E-state index is -0.256. The van der Waals surface area contributed by atoms with E-state index in [1.807, 2.05) is 6.07 Å². The third kappa shape index (κ3) is 2.51. The van der Waals surface area contributed by atoms with Gasteiger partial charge in [-0.2, -0.15) is 0 Å². The molecule has 4 heteroatoms. The zero-order chi connectivity index (χ0) is 15.1. The Balaban J connectivity index is 1.47. The van der Waals surface area contributed by atoms with E-state index in [2.05, 4.69) is 23.5 Å². The first-order valence-electron chi connectivity index (χ1n) is 8.49. The molecule has 2 bridgehead atoms. The van der Waals surface area contributed by atoms with Crippen LogP contribution in [0.4, 0.5) is 5.69 Å². The molecule has 0 radical (unpaired) electrons. The van der Waals surface area contributed by atoms with Gasteiger partial charge >= 0.3 is 0 Å². The van der Waals surface area contributed by atoms with Gasteiger partial charge in [-0.3, -0.25) is 4.79 Å². The van der Waals surface area contributed by atoms with Crippen molar-refractivity contribution in [2.45, 2.75) is 43.0 Å². The van der Waals surface area contributed by atoms with Gasteiger partial charge in [-0.15, -0.1) is 11.8 Å². The van der Waals surface area contributed by atoms with Crippen LogP contribution in [0.5, 0.6) is 0 Å². The van der Waals surface area contributed by atoms with Crippen molar-refractivity contribution in [3.05, 3.63) is 24.3 Å². The lowest BCUT2D eigenvalue weighted by Gasteiger charge is -2.33. The maximum absolute atomic E-state index is 11.0. The molecule has 3 aliphatic rings. The molecule has 3 fully saturated rings. The summed E-state index contributed by atoms with van der Waals surface area (Å²) in [6.45, 7) is 0. The van der Waals surface area contributed by atoms with Crippen LogP contribution in [0.2, 0.25) is 0 Å². The maximum atomic E-state index is 11.0. The summed E-state index contributed by atoms with van der Waals surface area (Å²) in [5, 5.41) is 3.80.